The summed E-state index contributed by atoms with van der Waals surface area (Å²) in [4.78, 5) is 2.44. The van der Waals surface area contributed by atoms with Crippen LogP contribution in [-0.2, 0) is 0 Å². The predicted molar refractivity (Wildman–Crippen MR) is 83.3 cm³/mol. The summed E-state index contributed by atoms with van der Waals surface area (Å²) in [5, 5.41) is 0. The number of hydrogen-bond acceptors (Lipinski definition) is 5. The summed E-state index contributed by atoms with van der Waals surface area (Å²) in [5.74, 6) is 1.99. The topological polar surface area (TPSA) is 57.0 Å². The van der Waals surface area contributed by atoms with Crippen molar-refractivity contribution < 1.29 is 14.2 Å². The standard InChI is InChI=1S/C16H26N2O3/c1-5-7-18-8-6-12(17)15(18)11-9-13(19-2)16(21-4)14(10-11)20-3/h9-10,12,15H,5-8,17H2,1-4H3. The molecule has 21 heavy (non-hydrogen) atoms. The molecule has 1 heterocycles. The predicted octanol–water partition coefficient (Wildman–Crippen LogP) is 2.20. The van der Waals surface area contributed by atoms with Crippen LogP contribution in [0.25, 0.3) is 0 Å². The average molecular weight is 294 g/mol. The van der Waals surface area contributed by atoms with Crippen LogP contribution in [0.2, 0.25) is 0 Å². The third-order valence-electron chi connectivity index (χ3n) is 4.09. The fourth-order valence-electron chi connectivity index (χ4n) is 3.15. The maximum absolute atomic E-state index is 6.33. The first kappa shape index (κ1) is 15.9. The highest BCUT2D eigenvalue weighted by molar-refractivity contribution is 5.54. The molecule has 1 saturated heterocycles. The second kappa shape index (κ2) is 7.00. The van der Waals surface area contributed by atoms with Crippen LogP contribution in [0, 0.1) is 0 Å². The molecular formula is C16H26N2O3. The number of benzene rings is 1. The summed E-state index contributed by atoms with van der Waals surface area (Å²) in [6.07, 6.45) is 2.13. The maximum atomic E-state index is 6.33. The van der Waals surface area contributed by atoms with Gasteiger partial charge in [0, 0.05) is 12.6 Å². The van der Waals surface area contributed by atoms with Crippen LogP contribution in [0.5, 0.6) is 17.2 Å². The second-order valence-corrected chi connectivity index (χ2v) is 5.39. The molecule has 1 aliphatic heterocycles. The molecule has 5 nitrogen and oxygen atoms in total. The zero-order chi connectivity index (χ0) is 15.4. The highest BCUT2D eigenvalue weighted by Crippen LogP contribution is 2.42. The monoisotopic (exact) mass is 294 g/mol. The van der Waals surface area contributed by atoms with Gasteiger partial charge in [-0.25, -0.2) is 0 Å². The van der Waals surface area contributed by atoms with Crippen molar-refractivity contribution in [1.82, 2.24) is 4.90 Å². The molecule has 1 aromatic rings. The highest BCUT2D eigenvalue weighted by Gasteiger charge is 2.33. The molecule has 1 fully saturated rings. The Kier molecular flexibility index (Phi) is 5.31. The lowest BCUT2D eigenvalue weighted by molar-refractivity contribution is 0.246. The van der Waals surface area contributed by atoms with Gasteiger partial charge in [0.15, 0.2) is 11.5 Å². The quantitative estimate of drug-likeness (QED) is 0.871. The van der Waals surface area contributed by atoms with Gasteiger partial charge in [0.25, 0.3) is 0 Å². The first-order chi connectivity index (χ1) is 10.2. The number of methoxy groups -OCH3 is 3. The van der Waals surface area contributed by atoms with Crippen LogP contribution in [0.15, 0.2) is 12.1 Å². The Morgan fingerprint density at radius 3 is 2.24 bits per heavy atom. The Labute approximate surface area is 127 Å². The van der Waals surface area contributed by atoms with Crippen LogP contribution in [0.3, 0.4) is 0 Å². The smallest absolute Gasteiger partial charge is 0.203 e. The van der Waals surface area contributed by atoms with Crippen molar-refractivity contribution in [2.75, 3.05) is 34.4 Å². The van der Waals surface area contributed by atoms with E-state index in [0.29, 0.717) is 17.2 Å². The van der Waals surface area contributed by atoms with Gasteiger partial charge in [0.05, 0.1) is 27.4 Å². The van der Waals surface area contributed by atoms with E-state index >= 15 is 0 Å². The van der Waals surface area contributed by atoms with Crippen molar-refractivity contribution >= 4 is 0 Å². The van der Waals surface area contributed by atoms with Crippen LogP contribution in [0.4, 0.5) is 0 Å². The molecule has 2 atom stereocenters. The molecular weight excluding hydrogens is 268 g/mol. The molecule has 0 bridgehead atoms. The molecule has 118 valence electrons. The average Bonchev–Trinajstić information content (AvgIpc) is 2.86. The van der Waals surface area contributed by atoms with Crippen LogP contribution >= 0.6 is 0 Å². The Morgan fingerprint density at radius 1 is 1.14 bits per heavy atom. The summed E-state index contributed by atoms with van der Waals surface area (Å²) in [6.45, 7) is 4.28. The molecule has 0 radical (unpaired) electrons. The summed E-state index contributed by atoms with van der Waals surface area (Å²) >= 11 is 0. The van der Waals surface area contributed by atoms with Crippen molar-refractivity contribution in [2.45, 2.75) is 31.8 Å². The second-order valence-electron chi connectivity index (χ2n) is 5.39. The Balaban J connectivity index is 2.42. The van der Waals surface area contributed by atoms with E-state index in [2.05, 4.69) is 11.8 Å². The summed E-state index contributed by atoms with van der Waals surface area (Å²) in [7, 11) is 4.89. The van der Waals surface area contributed by atoms with Gasteiger partial charge >= 0.3 is 0 Å². The van der Waals surface area contributed by atoms with Gasteiger partial charge in [0.2, 0.25) is 5.75 Å². The molecule has 0 spiro atoms. The molecule has 1 aliphatic rings. The Morgan fingerprint density at radius 2 is 1.76 bits per heavy atom. The fourth-order valence-corrected chi connectivity index (χ4v) is 3.15. The summed E-state index contributed by atoms with van der Waals surface area (Å²) in [5.41, 5.74) is 7.46. The third-order valence-corrected chi connectivity index (χ3v) is 4.09. The molecule has 0 saturated carbocycles. The fraction of sp³-hybridized carbons (Fsp3) is 0.625. The zero-order valence-electron chi connectivity index (χ0n) is 13.4. The molecule has 1 aromatic carbocycles. The van der Waals surface area contributed by atoms with E-state index < -0.39 is 0 Å². The number of hydrogen-bond donors (Lipinski definition) is 1. The van der Waals surface area contributed by atoms with Crippen molar-refractivity contribution in [3.63, 3.8) is 0 Å². The molecule has 2 N–H and O–H groups in total. The van der Waals surface area contributed by atoms with Gasteiger partial charge in [-0.2, -0.15) is 0 Å². The van der Waals surface area contributed by atoms with Crippen molar-refractivity contribution in [3.05, 3.63) is 17.7 Å². The van der Waals surface area contributed by atoms with E-state index in [1.807, 2.05) is 12.1 Å². The van der Waals surface area contributed by atoms with Gasteiger partial charge < -0.3 is 19.9 Å². The lowest BCUT2D eigenvalue weighted by Crippen LogP contribution is -2.32. The lowest BCUT2D eigenvalue weighted by Gasteiger charge is -2.28. The lowest BCUT2D eigenvalue weighted by atomic mass is 9.99. The van der Waals surface area contributed by atoms with E-state index in [4.69, 9.17) is 19.9 Å². The van der Waals surface area contributed by atoms with Crippen molar-refractivity contribution in [1.29, 1.82) is 0 Å². The zero-order valence-corrected chi connectivity index (χ0v) is 13.4. The molecule has 2 unspecified atom stereocenters. The van der Waals surface area contributed by atoms with E-state index in [1.165, 1.54) is 0 Å². The molecule has 0 amide bonds. The molecule has 2 rings (SSSR count). The van der Waals surface area contributed by atoms with Gasteiger partial charge in [-0.3, -0.25) is 4.90 Å². The van der Waals surface area contributed by atoms with Crippen LogP contribution in [-0.4, -0.2) is 45.4 Å². The highest BCUT2D eigenvalue weighted by atomic mass is 16.5. The first-order valence-corrected chi connectivity index (χ1v) is 7.45. The number of ether oxygens (including phenoxy) is 3. The molecule has 0 aromatic heterocycles. The Hall–Kier alpha value is -1.46. The van der Waals surface area contributed by atoms with E-state index in [9.17, 15) is 0 Å². The number of likely N-dealkylation sites (tertiary alicyclic amines) is 1. The van der Waals surface area contributed by atoms with E-state index in [0.717, 1.165) is 31.5 Å². The van der Waals surface area contributed by atoms with Gasteiger partial charge in [0.1, 0.15) is 0 Å². The maximum Gasteiger partial charge on any atom is 0.203 e. The molecule has 5 heteroatoms. The molecule has 0 aliphatic carbocycles. The minimum Gasteiger partial charge on any atom is -0.493 e. The number of nitrogens with zero attached hydrogens (tertiary/aromatic N) is 1. The SMILES string of the molecule is CCCN1CCC(N)C1c1cc(OC)c(OC)c(OC)c1. The van der Waals surface area contributed by atoms with Gasteiger partial charge in [-0.15, -0.1) is 0 Å². The minimum atomic E-state index is 0.138. The minimum absolute atomic E-state index is 0.138. The number of rotatable bonds is 6. The largest absolute Gasteiger partial charge is 0.493 e. The first-order valence-electron chi connectivity index (χ1n) is 7.45. The van der Waals surface area contributed by atoms with Crippen LogP contribution < -0.4 is 19.9 Å². The van der Waals surface area contributed by atoms with E-state index in [-0.39, 0.29) is 12.1 Å². The Bertz CT molecular complexity index is 452. The van der Waals surface area contributed by atoms with Gasteiger partial charge in [-0.05, 0) is 37.1 Å². The summed E-state index contributed by atoms with van der Waals surface area (Å²) in [6, 6.07) is 4.37. The van der Waals surface area contributed by atoms with E-state index in [1.54, 1.807) is 21.3 Å². The van der Waals surface area contributed by atoms with Crippen molar-refractivity contribution in [2.24, 2.45) is 5.73 Å². The van der Waals surface area contributed by atoms with Gasteiger partial charge in [-0.1, -0.05) is 6.92 Å². The normalized spacial score (nSPS) is 22.3. The van der Waals surface area contributed by atoms with Crippen molar-refractivity contribution in [3.8, 4) is 17.2 Å². The van der Waals surface area contributed by atoms with Crippen LogP contribution in [0.1, 0.15) is 31.4 Å². The summed E-state index contributed by atoms with van der Waals surface area (Å²) < 4.78 is 16.3. The third kappa shape index (κ3) is 3.09. The number of nitrogens with two attached hydrogens (primary N) is 1.